The number of hydrogen-bond donors (Lipinski definition) is 5. The van der Waals surface area contributed by atoms with Gasteiger partial charge >= 0.3 is 0 Å². The fourth-order valence-electron chi connectivity index (χ4n) is 7.64. The third-order valence-corrected chi connectivity index (χ3v) is 11.9. The Balaban J connectivity index is 0.679. The molecular weight excluding hydrogens is 867 g/mol. The smallest absolute Gasteiger partial charge is 0.262 e. The quantitative estimate of drug-likeness (QED) is 0.0263. The molecule has 2 fully saturated rings. The Hall–Kier alpha value is -6.38. The van der Waals surface area contributed by atoms with Crippen LogP contribution in [0.2, 0.25) is 0 Å². The summed E-state index contributed by atoms with van der Waals surface area (Å²) in [7, 11) is 0. The highest BCUT2D eigenvalue weighted by Gasteiger charge is 2.44. The summed E-state index contributed by atoms with van der Waals surface area (Å²) < 4.78 is 22.4. The molecule has 1 unspecified atom stereocenters. The van der Waals surface area contributed by atoms with E-state index in [4.69, 9.17) is 24.4 Å². The number of rotatable bonds is 21. The molecule has 0 bridgehead atoms. The summed E-state index contributed by atoms with van der Waals surface area (Å²) in [5.41, 5.74) is 5.42. The van der Waals surface area contributed by atoms with Gasteiger partial charge in [0.1, 0.15) is 11.5 Å². The highest BCUT2D eigenvalue weighted by atomic mass is 32.2. The molecule has 0 spiro atoms. The average Bonchev–Trinajstić information content (AvgIpc) is 3.57. The number of nitrogens with one attached hydrogen (secondary N) is 5. The predicted molar refractivity (Wildman–Crippen MR) is 250 cm³/mol. The molecule has 18 nitrogen and oxygen atoms in total. The van der Waals surface area contributed by atoms with Crippen molar-refractivity contribution >= 4 is 64.3 Å². The standard InChI is InChI=1S/C47H55N9O9S/c1-66-36-12-5-32(6-13-36)39-3-2-4-41(51-39)52-47(48)50-33-7-10-35(11-8-33)54-19-21-55(22-20-54)43(58)17-23-62-25-27-64-29-30-65-28-26-63-24-18-49-34-9-14-37-38(31-34)46(61)56(45(37)60)40-15-16-42(57)53-44(40)59/h2-14,31,40,49H,15-30H2,1H3,(H,53,57,59)(H3,48,50,51,52). The minimum absolute atomic E-state index is 0.0212. The van der Waals surface area contributed by atoms with Crippen molar-refractivity contribution in [1.82, 2.24) is 20.1 Å². The summed E-state index contributed by atoms with van der Waals surface area (Å²) in [6.45, 7) is 6.19. The van der Waals surface area contributed by atoms with E-state index in [1.54, 1.807) is 30.0 Å². The molecule has 4 heterocycles. The lowest BCUT2D eigenvalue weighted by Gasteiger charge is -2.36. The van der Waals surface area contributed by atoms with Crippen molar-refractivity contribution in [3.8, 4) is 11.3 Å². The van der Waals surface area contributed by atoms with Gasteiger partial charge in [-0.15, -0.1) is 11.8 Å². The number of hydrogen-bond acceptors (Lipinski definition) is 13. The number of piperidine rings is 1. The second kappa shape index (κ2) is 23.7. The van der Waals surface area contributed by atoms with Crippen LogP contribution in [0.4, 0.5) is 17.1 Å². The molecule has 348 valence electrons. The molecule has 5 N–H and O–H groups in total. The minimum Gasteiger partial charge on any atom is -0.383 e. The molecular formula is C47H55N9O9S. The number of benzene rings is 3. The topological polar surface area (TPSA) is 220 Å². The van der Waals surface area contributed by atoms with Gasteiger partial charge < -0.3 is 44.4 Å². The first-order valence-electron chi connectivity index (χ1n) is 21.9. The second-order valence-electron chi connectivity index (χ2n) is 15.5. The van der Waals surface area contributed by atoms with Crippen LogP contribution in [0.5, 0.6) is 0 Å². The van der Waals surface area contributed by atoms with E-state index in [0.717, 1.165) is 40.6 Å². The lowest BCUT2D eigenvalue weighted by atomic mass is 10.0. The zero-order chi connectivity index (χ0) is 46.3. The van der Waals surface area contributed by atoms with Crippen LogP contribution < -0.4 is 26.3 Å². The number of H-pyrrole nitrogens is 1. The first-order valence-corrected chi connectivity index (χ1v) is 23.2. The molecule has 19 heteroatoms. The molecule has 0 saturated carbocycles. The first-order chi connectivity index (χ1) is 32.2. The zero-order valence-corrected chi connectivity index (χ0v) is 37.7. The van der Waals surface area contributed by atoms with Gasteiger partial charge in [0.15, 0.2) is 0 Å². The van der Waals surface area contributed by atoms with Gasteiger partial charge in [-0.2, -0.15) is 4.99 Å². The minimum atomic E-state index is -1.00. The SMILES string of the molecule is CSc1ccc(-c2ccc/c(=N/C(=N)Nc3ccc(N4CCN(C(=O)CCOCCOCCOCCOCCNc5ccc6c(c5)C(=O)N(C5CCC(=O)NC5=O)C6=O)CC4)cc3)[nH]2)cc1. The number of guanidine groups is 1. The molecule has 7 rings (SSSR count). The molecule has 5 amide bonds. The fraction of sp³-hybridized carbons (Fsp3) is 0.383. The van der Waals surface area contributed by atoms with Gasteiger partial charge in [0.05, 0.1) is 70.4 Å². The van der Waals surface area contributed by atoms with E-state index >= 15 is 0 Å². The van der Waals surface area contributed by atoms with Crippen molar-refractivity contribution in [3.63, 3.8) is 0 Å². The van der Waals surface area contributed by atoms with E-state index < -0.39 is 29.7 Å². The van der Waals surface area contributed by atoms with Crippen molar-refractivity contribution in [3.05, 3.63) is 102 Å². The summed E-state index contributed by atoms with van der Waals surface area (Å²) >= 11 is 1.70. The lowest BCUT2D eigenvalue weighted by molar-refractivity contribution is -0.136. The maximum atomic E-state index is 13.0. The van der Waals surface area contributed by atoms with Crippen molar-refractivity contribution in [1.29, 1.82) is 5.41 Å². The van der Waals surface area contributed by atoms with Gasteiger partial charge in [-0.3, -0.25) is 39.6 Å². The molecule has 0 radical (unpaired) electrons. The van der Waals surface area contributed by atoms with Crippen LogP contribution in [-0.2, 0) is 33.3 Å². The molecule has 2 saturated heterocycles. The van der Waals surface area contributed by atoms with E-state index in [1.165, 1.54) is 4.90 Å². The number of thioether (sulfide) groups is 1. The van der Waals surface area contributed by atoms with Gasteiger partial charge in [0, 0.05) is 66.8 Å². The fourth-order valence-corrected chi connectivity index (χ4v) is 8.05. The van der Waals surface area contributed by atoms with Gasteiger partial charge in [0.25, 0.3) is 11.8 Å². The van der Waals surface area contributed by atoms with Gasteiger partial charge in [-0.1, -0.05) is 18.2 Å². The molecule has 1 atom stereocenters. The summed E-state index contributed by atoms with van der Waals surface area (Å²) in [4.78, 5) is 76.5. The number of amides is 5. The normalized spacial score (nSPS) is 16.4. The molecule has 66 heavy (non-hydrogen) atoms. The maximum absolute atomic E-state index is 13.0. The van der Waals surface area contributed by atoms with E-state index in [2.05, 4.69) is 55.1 Å². The summed E-state index contributed by atoms with van der Waals surface area (Å²) in [5, 5.41) is 16.8. The summed E-state index contributed by atoms with van der Waals surface area (Å²) in [5.74, 6) is -2.07. The van der Waals surface area contributed by atoms with Crippen LogP contribution >= 0.6 is 11.8 Å². The average molecular weight is 922 g/mol. The number of aromatic amines is 1. The number of ether oxygens (including phenoxy) is 4. The van der Waals surface area contributed by atoms with E-state index in [-0.39, 0.29) is 35.8 Å². The van der Waals surface area contributed by atoms with Crippen LogP contribution in [-0.4, -0.2) is 148 Å². The van der Waals surface area contributed by atoms with Crippen molar-refractivity contribution in [2.75, 3.05) is 107 Å². The zero-order valence-electron chi connectivity index (χ0n) is 36.8. The number of anilines is 3. The molecule has 3 aliphatic rings. The van der Waals surface area contributed by atoms with Crippen LogP contribution in [0.25, 0.3) is 11.3 Å². The molecule has 0 aliphatic carbocycles. The van der Waals surface area contributed by atoms with E-state index in [1.807, 2.05) is 53.6 Å². The summed E-state index contributed by atoms with van der Waals surface area (Å²) in [6.07, 6.45) is 2.53. The highest BCUT2D eigenvalue weighted by Crippen LogP contribution is 2.30. The van der Waals surface area contributed by atoms with Gasteiger partial charge in [-0.05, 0) is 85.0 Å². The Morgan fingerprint density at radius 3 is 2.11 bits per heavy atom. The van der Waals surface area contributed by atoms with Crippen molar-refractivity contribution in [2.45, 2.75) is 30.2 Å². The predicted octanol–water partition coefficient (Wildman–Crippen LogP) is 3.97. The number of carbonyl (C=O) groups is 5. The Labute approximate surface area is 386 Å². The second-order valence-corrected chi connectivity index (χ2v) is 16.4. The van der Waals surface area contributed by atoms with E-state index in [0.29, 0.717) is 90.1 Å². The van der Waals surface area contributed by atoms with Crippen LogP contribution in [0.15, 0.2) is 94.8 Å². The monoisotopic (exact) mass is 921 g/mol. The number of nitrogens with zero attached hydrogens (tertiary/aromatic N) is 4. The molecule has 3 aromatic carbocycles. The largest absolute Gasteiger partial charge is 0.383 e. The number of aromatic nitrogens is 1. The summed E-state index contributed by atoms with van der Waals surface area (Å²) in [6, 6.07) is 25.7. The van der Waals surface area contributed by atoms with Crippen molar-refractivity contribution < 1.29 is 42.9 Å². The number of carbonyl (C=O) groups excluding carboxylic acids is 5. The number of piperazine rings is 1. The van der Waals surface area contributed by atoms with Crippen molar-refractivity contribution in [2.24, 2.45) is 4.99 Å². The van der Waals surface area contributed by atoms with E-state index in [9.17, 15) is 24.0 Å². The Morgan fingerprint density at radius 2 is 1.42 bits per heavy atom. The first kappa shape index (κ1) is 47.6. The van der Waals surface area contributed by atoms with Crippen LogP contribution in [0.3, 0.4) is 0 Å². The highest BCUT2D eigenvalue weighted by molar-refractivity contribution is 7.98. The van der Waals surface area contributed by atoms with Gasteiger partial charge in [-0.25, -0.2) is 0 Å². The number of pyridine rings is 1. The maximum Gasteiger partial charge on any atom is 0.262 e. The molecule has 1 aromatic heterocycles. The molecule has 4 aromatic rings. The van der Waals surface area contributed by atoms with Gasteiger partial charge in [0.2, 0.25) is 23.7 Å². The number of fused-ring (bicyclic) bond motifs is 1. The van der Waals surface area contributed by atoms with Crippen LogP contribution in [0.1, 0.15) is 40.0 Å². The Kier molecular flexibility index (Phi) is 17.1. The number of imide groups is 2. The third-order valence-electron chi connectivity index (χ3n) is 11.1. The third kappa shape index (κ3) is 12.9. The Morgan fingerprint density at radius 1 is 0.773 bits per heavy atom. The lowest BCUT2D eigenvalue weighted by Crippen LogP contribution is -2.54. The molecule has 3 aliphatic heterocycles. The Bertz CT molecular complexity index is 2420. The van der Waals surface area contributed by atoms with Crippen LogP contribution in [0, 0.1) is 5.41 Å².